The number of carbonyl (C=O) groups is 3. The zero-order valence-corrected chi connectivity index (χ0v) is 36.8. The molecule has 0 fully saturated rings. The first-order valence-corrected chi connectivity index (χ1v) is 22.4. The van der Waals surface area contributed by atoms with E-state index in [1.807, 2.05) is 11.9 Å². The Balaban J connectivity index is 4.19. The van der Waals surface area contributed by atoms with Crippen LogP contribution in [0.25, 0.3) is 0 Å². The molecule has 0 radical (unpaired) electrons. The molecule has 0 heterocycles. The summed E-state index contributed by atoms with van der Waals surface area (Å²) in [6.45, 7) is 22.3. The van der Waals surface area contributed by atoms with Gasteiger partial charge in [0, 0.05) is 12.8 Å². The fourth-order valence-electron chi connectivity index (χ4n) is 6.73. The molecule has 53 heavy (non-hydrogen) atoms. The van der Waals surface area contributed by atoms with Gasteiger partial charge in [-0.1, -0.05) is 139 Å². The van der Waals surface area contributed by atoms with E-state index in [-0.39, 0.29) is 24.0 Å². The Bertz CT molecular complexity index is 829. The van der Waals surface area contributed by atoms with Crippen LogP contribution in [0.15, 0.2) is 0 Å². The van der Waals surface area contributed by atoms with E-state index in [4.69, 9.17) is 14.2 Å². The molecular weight excluding hydrogens is 663 g/mol. The standard InChI is InChI=1S/C46H89NO6/c1-11-47(10)34-46(50)53-43(26-22-18-14-12-16-20-24-28-44(48)51-35-41(39(6)7)32-30-37(2)3)27-23-19-15-13-17-21-25-29-45(49)52-36-42(40(8)9)33-31-38(4)5/h37-43H,11-36H2,1-10H3. The highest BCUT2D eigenvalue weighted by Crippen LogP contribution is 2.23. The lowest BCUT2D eigenvalue weighted by molar-refractivity contribution is -0.151. The van der Waals surface area contributed by atoms with E-state index in [1.165, 1.54) is 38.5 Å². The smallest absolute Gasteiger partial charge is 0.320 e. The molecule has 0 aliphatic heterocycles. The molecule has 0 aliphatic carbocycles. The Morgan fingerprint density at radius 2 is 0.830 bits per heavy atom. The minimum Gasteiger partial charge on any atom is -0.465 e. The molecule has 0 rings (SSSR count). The van der Waals surface area contributed by atoms with Gasteiger partial charge in [0.2, 0.25) is 0 Å². The van der Waals surface area contributed by atoms with Gasteiger partial charge < -0.3 is 14.2 Å². The average Bonchev–Trinajstić information content (AvgIpc) is 3.09. The number of hydrogen-bond donors (Lipinski definition) is 0. The minimum absolute atomic E-state index is 0.00566. The molecule has 0 saturated heterocycles. The highest BCUT2D eigenvalue weighted by Gasteiger charge is 2.18. The van der Waals surface area contributed by atoms with Crippen molar-refractivity contribution in [3.63, 3.8) is 0 Å². The molecule has 0 amide bonds. The van der Waals surface area contributed by atoms with E-state index in [0.29, 0.717) is 68.1 Å². The van der Waals surface area contributed by atoms with Crippen LogP contribution < -0.4 is 0 Å². The minimum atomic E-state index is -0.109. The van der Waals surface area contributed by atoms with Crippen LogP contribution >= 0.6 is 0 Å². The molecule has 2 unspecified atom stereocenters. The van der Waals surface area contributed by atoms with Crippen LogP contribution in [0.3, 0.4) is 0 Å². The monoisotopic (exact) mass is 752 g/mol. The van der Waals surface area contributed by atoms with Gasteiger partial charge in [-0.3, -0.25) is 19.3 Å². The molecule has 0 bridgehead atoms. The van der Waals surface area contributed by atoms with E-state index < -0.39 is 0 Å². The van der Waals surface area contributed by atoms with Gasteiger partial charge in [0.1, 0.15) is 6.10 Å². The summed E-state index contributed by atoms with van der Waals surface area (Å²) in [7, 11) is 1.95. The summed E-state index contributed by atoms with van der Waals surface area (Å²) in [6.07, 6.45) is 23.1. The van der Waals surface area contributed by atoms with Crippen molar-refractivity contribution in [3.05, 3.63) is 0 Å². The molecule has 7 heteroatoms. The van der Waals surface area contributed by atoms with Crippen molar-refractivity contribution in [2.75, 3.05) is 33.4 Å². The number of nitrogens with zero attached hydrogens (tertiary/aromatic N) is 1. The molecule has 0 aliphatic rings. The Labute approximate surface area is 329 Å². The highest BCUT2D eigenvalue weighted by molar-refractivity contribution is 5.71. The topological polar surface area (TPSA) is 82.1 Å². The number of likely N-dealkylation sites (N-methyl/N-ethyl adjacent to an activating group) is 1. The van der Waals surface area contributed by atoms with Gasteiger partial charge in [-0.15, -0.1) is 0 Å². The molecule has 0 saturated carbocycles. The number of hydrogen-bond acceptors (Lipinski definition) is 7. The van der Waals surface area contributed by atoms with Gasteiger partial charge in [-0.25, -0.2) is 0 Å². The van der Waals surface area contributed by atoms with Crippen molar-refractivity contribution >= 4 is 17.9 Å². The van der Waals surface area contributed by atoms with Gasteiger partial charge >= 0.3 is 17.9 Å². The summed E-state index contributed by atoms with van der Waals surface area (Å²) in [5.41, 5.74) is 0. The predicted octanol–water partition coefficient (Wildman–Crippen LogP) is 12.4. The number of ether oxygens (including phenoxy) is 3. The van der Waals surface area contributed by atoms with Gasteiger partial charge in [-0.05, 0) is 100 Å². The predicted molar refractivity (Wildman–Crippen MR) is 223 cm³/mol. The maximum absolute atomic E-state index is 12.6. The summed E-state index contributed by atoms with van der Waals surface area (Å²) >= 11 is 0. The quantitative estimate of drug-likeness (QED) is 0.0358. The number of rotatable bonds is 36. The fraction of sp³-hybridized carbons (Fsp3) is 0.935. The Morgan fingerprint density at radius 1 is 0.472 bits per heavy atom. The van der Waals surface area contributed by atoms with E-state index in [2.05, 4.69) is 62.3 Å². The first-order valence-electron chi connectivity index (χ1n) is 22.4. The van der Waals surface area contributed by atoms with Crippen LogP contribution in [0, 0.1) is 35.5 Å². The highest BCUT2D eigenvalue weighted by atomic mass is 16.5. The molecule has 0 spiro atoms. The van der Waals surface area contributed by atoms with Gasteiger partial charge in [0.25, 0.3) is 0 Å². The SMILES string of the molecule is CCN(C)CC(=O)OC(CCCCCCCCCC(=O)OCC(CCC(C)C)C(C)C)CCCCCCCCCC(=O)OCC(CCC(C)C)C(C)C. The third kappa shape index (κ3) is 32.3. The molecule has 0 aromatic rings. The summed E-state index contributed by atoms with van der Waals surface area (Å²) in [4.78, 5) is 39.1. The third-order valence-corrected chi connectivity index (χ3v) is 11.1. The van der Waals surface area contributed by atoms with Gasteiger partial charge in [0.05, 0.1) is 19.8 Å². The van der Waals surface area contributed by atoms with Crippen molar-refractivity contribution in [1.29, 1.82) is 0 Å². The third-order valence-electron chi connectivity index (χ3n) is 11.1. The molecule has 0 aromatic heterocycles. The lowest BCUT2D eigenvalue weighted by Crippen LogP contribution is -2.30. The molecule has 7 nitrogen and oxygen atoms in total. The Kier molecular flexibility index (Phi) is 32.7. The number of unbranched alkanes of at least 4 members (excludes halogenated alkanes) is 12. The maximum Gasteiger partial charge on any atom is 0.320 e. The normalized spacial score (nSPS) is 13.6. The number of esters is 3. The zero-order valence-electron chi connectivity index (χ0n) is 36.8. The summed E-state index contributed by atoms with van der Waals surface area (Å²) in [6, 6.07) is 0. The van der Waals surface area contributed by atoms with Gasteiger partial charge in [0.15, 0.2) is 0 Å². The van der Waals surface area contributed by atoms with Crippen molar-refractivity contribution in [2.24, 2.45) is 35.5 Å². The van der Waals surface area contributed by atoms with E-state index in [0.717, 1.165) is 96.4 Å². The Morgan fingerprint density at radius 3 is 1.17 bits per heavy atom. The second kappa shape index (κ2) is 33.7. The number of carbonyl (C=O) groups excluding carboxylic acids is 3. The van der Waals surface area contributed by atoms with Crippen LogP contribution in [0.4, 0.5) is 0 Å². The first-order chi connectivity index (χ1) is 25.2. The van der Waals surface area contributed by atoms with Crippen LogP contribution in [-0.2, 0) is 28.6 Å². The Hall–Kier alpha value is -1.63. The van der Waals surface area contributed by atoms with Crippen molar-refractivity contribution in [3.8, 4) is 0 Å². The lowest BCUT2D eigenvalue weighted by Gasteiger charge is -2.21. The molecule has 0 N–H and O–H groups in total. The van der Waals surface area contributed by atoms with Crippen LogP contribution in [-0.4, -0.2) is 62.3 Å². The largest absolute Gasteiger partial charge is 0.465 e. The fourth-order valence-corrected chi connectivity index (χ4v) is 6.73. The van der Waals surface area contributed by atoms with Crippen molar-refractivity contribution < 1.29 is 28.6 Å². The zero-order chi connectivity index (χ0) is 39.9. The second-order valence-corrected chi connectivity index (χ2v) is 17.8. The summed E-state index contributed by atoms with van der Waals surface area (Å²) in [5.74, 6) is 3.18. The second-order valence-electron chi connectivity index (χ2n) is 17.8. The van der Waals surface area contributed by atoms with E-state index >= 15 is 0 Å². The van der Waals surface area contributed by atoms with E-state index in [9.17, 15) is 14.4 Å². The molecular formula is C46H89NO6. The average molecular weight is 752 g/mol. The summed E-state index contributed by atoms with van der Waals surface area (Å²) in [5, 5.41) is 0. The maximum atomic E-state index is 12.6. The summed E-state index contributed by atoms with van der Waals surface area (Å²) < 4.78 is 17.2. The van der Waals surface area contributed by atoms with Gasteiger partial charge in [-0.2, -0.15) is 0 Å². The van der Waals surface area contributed by atoms with Crippen molar-refractivity contribution in [1.82, 2.24) is 4.90 Å². The van der Waals surface area contributed by atoms with Crippen LogP contribution in [0.5, 0.6) is 0 Å². The van der Waals surface area contributed by atoms with Crippen molar-refractivity contribution in [2.45, 2.75) is 210 Å². The molecule has 2 atom stereocenters. The molecule has 0 aromatic carbocycles. The first kappa shape index (κ1) is 51.4. The lowest BCUT2D eigenvalue weighted by atomic mass is 9.89. The van der Waals surface area contributed by atoms with Crippen LogP contribution in [0.2, 0.25) is 0 Å². The van der Waals surface area contributed by atoms with Crippen LogP contribution in [0.1, 0.15) is 204 Å². The molecule has 314 valence electrons. The van der Waals surface area contributed by atoms with E-state index in [1.54, 1.807) is 0 Å².